The molecule has 3 N–H and O–H groups in total. The van der Waals surface area contributed by atoms with Gasteiger partial charge in [-0.2, -0.15) is 0 Å². The van der Waals surface area contributed by atoms with Gasteiger partial charge in [0.15, 0.2) is 0 Å². The van der Waals surface area contributed by atoms with Crippen molar-refractivity contribution in [2.24, 2.45) is 0 Å². The van der Waals surface area contributed by atoms with Crippen LogP contribution in [0, 0.1) is 0 Å². The molecule has 1 fully saturated rings. The van der Waals surface area contributed by atoms with E-state index in [4.69, 9.17) is 4.74 Å². The Morgan fingerprint density at radius 1 is 1.50 bits per heavy atom. The minimum Gasteiger partial charge on any atom is -0.391 e. The summed E-state index contributed by atoms with van der Waals surface area (Å²) in [6.07, 6.45) is 3.33. The van der Waals surface area contributed by atoms with Crippen LogP contribution in [0.25, 0.3) is 0 Å². The maximum absolute atomic E-state index is 11.6. The molecule has 0 heterocycles. The molecule has 3 unspecified atom stereocenters. The summed E-state index contributed by atoms with van der Waals surface area (Å²) in [5.41, 5.74) is 0. The highest BCUT2D eigenvalue weighted by Crippen LogP contribution is 2.18. The highest BCUT2D eigenvalue weighted by atomic mass is 16.5. The normalized spacial score (nSPS) is 27.2. The summed E-state index contributed by atoms with van der Waals surface area (Å²) in [5, 5.41) is 15.3. The fourth-order valence-electron chi connectivity index (χ4n) is 2.01. The van der Waals surface area contributed by atoms with Crippen LogP contribution < -0.4 is 10.6 Å². The average Bonchev–Trinajstić information content (AvgIpc) is 2.21. The van der Waals surface area contributed by atoms with Crippen molar-refractivity contribution >= 4 is 6.03 Å². The van der Waals surface area contributed by atoms with Gasteiger partial charge < -0.3 is 20.5 Å². The van der Waals surface area contributed by atoms with Crippen molar-refractivity contribution in [3.8, 4) is 0 Å². The molecule has 5 heteroatoms. The Hall–Kier alpha value is -0.810. The number of nitrogens with one attached hydrogen (secondary N) is 2. The fourth-order valence-corrected chi connectivity index (χ4v) is 2.01. The molecule has 1 rings (SSSR count). The molecule has 2 amide bonds. The van der Waals surface area contributed by atoms with Crippen LogP contribution in [0.1, 0.15) is 32.6 Å². The molecule has 16 heavy (non-hydrogen) atoms. The average molecular weight is 230 g/mol. The van der Waals surface area contributed by atoms with Gasteiger partial charge in [-0.15, -0.1) is 0 Å². The Morgan fingerprint density at radius 2 is 2.19 bits per heavy atom. The third kappa shape index (κ3) is 4.37. The van der Waals surface area contributed by atoms with Crippen molar-refractivity contribution in [2.45, 2.75) is 50.8 Å². The predicted molar refractivity (Wildman–Crippen MR) is 61.3 cm³/mol. The van der Waals surface area contributed by atoms with Crippen LogP contribution in [-0.2, 0) is 4.74 Å². The highest BCUT2D eigenvalue weighted by molar-refractivity contribution is 5.74. The number of aliphatic hydroxyl groups is 1. The molecule has 0 aromatic carbocycles. The molecule has 0 aromatic rings. The van der Waals surface area contributed by atoms with Gasteiger partial charge in [0, 0.05) is 7.11 Å². The first-order chi connectivity index (χ1) is 7.63. The van der Waals surface area contributed by atoms with Gasteiger partial charge in [-0.25, -0.2) is 4.79 Å². The zero-order valence-corrected chi connectivity index (χ0v) is 10.0. The van der Waals surface area contributed by atoms with Gasteiger partial charge in [-0.1, -0.05) is 12.8 Å². The van der Waals surface area contributed by atoms with E-state index >= 15 is 0 Å². The highest BCUT2D eigenvalue weighted by Gasteiger charge is 2.24. The van der Waals surface area contributed by atoms with Crippen LogP contribution in [-0.4, -0.2) is 43.0 Å². The molecule has 0 spiro atoms. The number of hydrogen-bond acceptors (Lipinski definition) is 3. The van der Waals surface area contributed by atoms with E-state index in [0.29, 0.717) is 6.61 Å². The quantitative estimate of drug-likeness (QED) is 0.663. The number of hydrogen-bond donors (Lipinski definition) is 3. The van der Waals surface area contributed by atoms with Crippen molar-refractivity contribution in [3.05, 3.63) is 0 Å². The van der Waals surface area contributed by atoms with Crippen molar-refractivity contribution in [2.75, 3.05) is 13.7 Å². The smallest absolute Gasteiger partial charge is 0.315 e. The second-order valence-corrected chi connectivity index (χ2v) is 4.43. The van der Waals surface area contributed by atoms with Gasteiger partial charge in [-0.3, -0.25) is 0 Å². The lowest BCUT2D eigenvalue weighted by atomic mass is 9.93. The number of amides is 2. The summed E-state index contributed by atoms with van der Waals surface area (Å²) in [5.74, 6) is 0. The van der Waals surface area contributed by atoms with Gasteiger partial charge in [0.2, 0.25) is 0 Å². The molecule has 0 bridgehead atoms. The van der Waals surface area contributed by atoms with Gasteiger partial charge in [0.1, 0.15) is 0 Å². The summed E-state index contributed by atoms with van der Waals surface area (Å²) >= 11 is 0. The summed E-state index contributed by atoms with van der Waals surface area (Å²) in [7, 11) is 1.60. The second-order valence-electron chi connectivity index (χ2n) is 4.43. The molecule has 0 saturated heterocycles. The monoisotopic (exact) mass is 230 g/mol. The second kappa shape index (κ2) is 6.70. The van der Waals surface area contributed by atoms with Crippen molar-refractivity contribution in [1.29, 1.82) is 0 Å². The molecule has 1 saturated carbocycles. The molecular formula is C11H22N2O3. The zero-order chi connectivity index (χ0) is 12.0. The minimum absolute atomic E-state index is 0.0225. The molecule has 94 valence electrons. The topological polar surface area (TPSA) is 70.6 Å². The SMILES string of the molecule is COCC(C)NC(=O)NC1CCCCC1O. The lowest BCUT2D eigenvalue weighted by molar-refractivity contribution is 0.0934. The van der Waals surface area contributed by atoms with Crippen LogP contribution in [0.3, 0.4) is 0 Å². The van der Waals surface area contributed by atoms with Crippen molar-refractivity contribution in [3.63, 3.8) is 0 Å². The molecule has 0 radical (unpaired) electrons. The van der Waals surface area contributed by atoms with Crippen LogP contribution in [0.5, 0.6) is 0 Å². The Morgan fingerprint density at radius 3 is 2.81 bits per heavy atom. The Bertz CT molecular complexity index is 223. The third-order valence-electron chi connectivity index (χ3n) is 2.84. The number of ether oxygens (including phenoxy) is 1. The number of urea groups is 1. The molecule has 5 nitrogen and oxygen atoms in total. The van der Waals surface area contributed by atoms with Gasteiger partial charge in [0.05, 0.1) is 24.8 Å². The predicted octanol–water partition coefficient (Wildman–Crippen LogP) is 0.624. The first kappa shape index (κ1) is 13.3. The Balaban J connectivity index is 2.27. The van der Waals surface area contributed by atoms with Crippen LogP contribution in [0.4, 0.5) is 4.79 Å². The van der Waals surface area contributed by atoms with E-state index in [-0.39, 0.29) is 18.1 Å². The van der Waals surface area contributed by atoms with E-state index in [1.165, 1.54) is 0 Å². The first-order valence-electron chi connectivity index (χ1n) is 5.87. The molecule has 0 aromatic heterocycles. The van der Waals surface area contributed by atoms with Crippen molar-refractivity contribution in [1.82, 2.24) is 10.6 Å². The lowest BCUT2D eigenvalue weighted by Crippen LogP contribution is -2.51. The van der Waals surface area contributed by atoms with E-state index in [1.807, 2.05) is 6.92 Å². The van der Waals surface area contributed by atoms with Gasteiger partial charge in [-0.05, 0) is 19.8 Å². The zero-order valence-electron chi connectivity index (χ0n) is 10.0. The molecule has 3 atom stereocenters. The maximum atomic E-state index is 11.6. The summed E-state index contributed by atoms with van der Waals surface area (Å²) in [6.45, 7) is 2.36. The third-order valence-corrected chi connectivity index (χ3v) is 2.84. The Labute approximate surface area is 96.6 Å². The fraction of sp³-hybridized carbons (Fsp3) is 0.909. The minimum atomic E-state index is -0.405. The molecule has 0 aliphatic heterocycles. The number of aliphatic hydroxyl groups excluding tert-OH is 1. The standard InChI is InChI=1S/C11H22N2O3/c1-8(7-16-2)12-11(15)13-9-5-3-4-6-10(9)14/h8-10,14H,3-7H2,1-2H3,(H2,12,13,15). The van der Waals surface area contributed by atoms with Crippen LogP contribution >= 0.6 is 0 Å². The van der Waals surface area contributed by atoms with Gasteiger partial charge in [0.25, 0.3) is 0 Å². The maximum Gasteiger partial charge on any atom is 0.315 e. The summed E-state index contributed by atoms with van der Waals surface area (Å²) in [6, 6.07) is -0.357. The largest absolute Gasteiger partial charge is 0.391 e. The number of carbonyl (C=O) groups excluding carboxylic acids is 1. The van der Waals surface area contributed by atoms with E-state index in [9.17, 15) is 9.90 Å². The van der Waals surface area contributed by atoms with Gasteiger partial charge >= 0.3 is 6.03 Å². The van der Waals surface area contributed by atoms with E-state index in [2.05, 4.69) is 10.6 Å². The molecule has 1 aliphatic rings. The lowest BCUT2D eigenvalue weighted by Gasteiger charge is -2.28. The van der Waals surface area contributed by atoms with E-state index in [1.54, 1.807) is 7.11 Å². The van der Waals surface area contributed by atoms with Crippen LogP contribution in [0.2, 0.25) is 0 Å². The molecular weight excluding hydrogens is 208 g/mol. The Kier molecular flexibility index (Phi) is 5.55. The van der Waals surface area contributed by atoms with Crippen molar-refractivity contribution < 1.29 is 14.6 Å². The van der Waals surface area contributed by atoms with Crippen LogP contribution in [0.15, 0.2) is 0 Å². The van der Waals surface area contributed by atoms with E-state index < -0.39 is 6.10 Å². The number of methoxy groups -OCH3 is 1. The number of carbonyl (C=O) groups is 1. The number of rotatable bonds is 4. The summed E-state index contributed by atoms with van der Waals surface area (Å²) in [4.78, 5) is 11.6. The van der Waals surface area contributed by atoms with E-state index in [0.717, 1.165) is 25.7 Å². The summed E-state index contributed by atoms with van der Waals surface area (Å²) < 4.78 is 4.92. The first-order valence-corrected chi connectivity index (χ1v) is 5.87. The molecule has 1 aliphatic carbocycles.